The zero-order valence-corrected chi connectivity index (χ0v) is 12.7. The lowest BCUT2D eigenvalue weighted by atomic mass is 9.92. The highest BCUT2D eigenvalue weighted by Crippen LogP contribution is 2.24. The second-order valence-corrected chi connectivity index (χ2v) is 5.85. The first-order chi connectivity index (χ1) is 9.88. The van der Waals surface area contributed by atoms with Crippen molar-refractivity contribution in [2.75, 3.05) is 11.9 Å². The van der Waals surface area contributed by atoms with Crippen LogP contribution >= 0.6 is 0 Å². The van der Waals surface area contributed by atoms with Gasteiger partial charge in [-0.3, -0.25) is 4.79 Å². The second-order valence-electron chi connectivity index (χ2n) is 5.85. The summed E-state index contributed by atoms with van der Waals surface area (Å²) in [6.45, 7) is 6.35. The molecule has 0 spiro atoms. The number of aryl methyl sites for hydroxylation is 2. The van der Waals surface area contributed by atoms with Crippen molar-refractivity contribution in [3.05, 3.63) is 29.3 Å². The van der Waals surface area contributed by atoms with E-state index in [1.807, 2.05) is 39.0 Å². The largest absolute Gasteiger partial charge is 0.481 e. The van der Waals surface area contributed by atoms with Crippen LogP contribution in [0.2, 0.25) is 0 Å². The van der Waals surface area contributed by atoms with Gasteiger partial charge in [0.1, 0.15) is 0 Å². The van der Waals surface area contributed by atoms with Crippen molar-refractivity contribution >= 4 is 17.7 Å². The molecule has 5 heteroatoms. The molecule has 1 heterocycles. The highest BCUT2D eigenvalue weighted by molar-refractivity contribution is 5.90. The van der Waals surface area contributed by atoms with Crippen molar-refractivity contribution in [3.63, 3.8) is 0 Å². The Kier molecular flexibility index (Phi) is 4.50. The van der Waals surface area contributed by atoms with Crippen LogP contribution in [-0.2, 0) is 4.79 Å². The minimum Gasteiger partial charge on any atom is -0.481 e. The molecular weight excluding hydrogens is 268 g/mol. The molecule has 0 bridgehead atoms. The summed E-state index contributed by atoms with van der Waals surface area (Å²) in [6.07, 6.45) is 1.02. The molecule has 0 aliphatic carbocycles. The molecule has 2 N–H and O–H groups in total. The Hall–Kier alpha value is -2.04. The fourth-order valence-electron chi connectivity index (χ4n) is 2.84. The number of carboxylic acids is 1. The Morgan fingerprint density at radius 3 is 2.62 bits per heavy atom. The lowest BCUT2D eigenvalue weighted by Gasteiger charge is -2.36. The number of nitrogens with one attached hydrogen (secondary N) is 1. The third kappa shape index (κ3) is 3.54. The van der Waals surface area contributed by atoms with E-state index in [4.69, 9.17) is 5.11 Å². The number of piperidine rings is 1. The van der Waals surface area contributed by atoms with Crippen LogP contribution in [0.4, 0.5) is 10.5 Å². The predicted molar refractivity (Wildman–Crippen MR) is 81.5 cm³/mol. The molecule has 21 heavy (non-hydrogen) atoms. The molecular formula is C16H22N2O3. The van der Waals surface area contributed by atoms with Crippen LogP contribution in [0.5, 0.6) is 0 Å². The summed E-state index contributed by atoms with van der Waals surface area (Å²) in [5, 5.41) is 12.0. The number of urea groups is 1. The maximum absolute atomic E-state index is 12.4. The number of likely N-dealkylation sites (tertiary alicyclic amines) is 1. The summed E-state index contributed by atoms with van der Waals surface area (Å²) < 4.78 is 0. The molecule has 0 saturated carbocycles. The lowest BCUT2D eigenvalue weighted by Crippen LogP contribution is -2.47. The zero-order chi connectivity index (χ0) is 15.6. The predicted octanol–water partition coefficient (Wildman–Crippen LogP) is 3.02. The Morgan fingerprint density at radius 1 is 1.33 bits per heavy atom. The third-order valence-electron chi connectivity index (χ3n) is 4.11. The SMILES string of the molecule is Cc1ccc(NC(=O)N2CCC(C(=O)O)CC2C)c(C)c1. The molecule has 1 aromatic rings. The minimum absolute atomic E-state index is 0.0643. The zero-order valence-electron chi connectivity index (χ0n) is 12.7. The average molecular weight is 290 g/mol. The van der Waals surface area contributed by atoms with Crippen LogP contribution in [0, 0.1) is 19.8 Å². The molecule has 114 valence electrons. The van der Waals surface area contributed by atoms with E-state index in [9.17, 15) is 9.59 Å². The maximum Gasteiger partial charge on any atom is 0.322 e. The molecule has 0 radical (unpaired) electrons. The Morgan fingerprint density at radius 2 is 2.05 bits per heavy atom. The van der Waals surface area contributed by atoms with E-state index in [0.717, 1.165) is 16.8 Å². The van der Waals surface area contributed by atoms with Crippen molar-refractivity contribution in [2.45, 2.75) is 39.7 Å². The Balaban J connectivity index is 2.02. The molecule has 5 nitrogen and oxygen atoms in total. The average Bonchev–Trinajstić information content (AvgIpc) is 2.41. The molecule has 2 atom stereocenters. The van der Waals surface area contributed by atoms with Gasteiger partial charge in [-0.25, -0.2) is 4.79 Å². The van der Waals surface area contributed by atoms with E-state index in [0.29, 0.717) is 19.4 Å². The van der Waals surface area contributed by atoms with Crippen molar-refractivity contribution < 1.29 is 14.7 Å². The summed E-state index contributed by atoms with van der Waals surface area (Å²) in [4.78, 5) is 25.1. The van der Waals surface area contributed by atoms with Crippen molar-refractivity contribution in [1.29, 1.82) is 0 Å². The van der Waals surface area contributed by atoms with Gasteiger partial charge in [-0.15, -0.1) is 0 Å². The molecule has 0 aromatic heterocycles. The number of amides is 2. The van der Waals surface area contributed by atoms with Gasteiger partial charge in [-0.05, 0) is 45.2 Å². The van der Waals surface area contributed by atoms with Gasteiger partial charge in [0.05, 0.1) is 5.92 Å². The summed E-state index contributed by atoms with van der Waals surface area (Å²) in [5.41, 5.74) is 2.98. The topological polar surface area (TPSA) is 69.6 Å². The number of aliphatic carboxylic acids is 1. The standard InChI is InChI=1S/C16H22N2O3/c1-10-4-5-14(11(2)8-10)17-16(21)18-7-6-13(15(19)20)9-12(18)3/h4-5,8,12-13H,6-7,9H2,1-3H3,(H,17,21)(H,19,20). The summed E-state index contributed by atoms with van der Waals surface area (Å²) in [5.74, 6) is -1.11. The number of rotatable bonds is 2. The lowest BCUT2D eigenvalue weighted by molar-refractivity contribution is -0.143. The summed E-state index contributed by atoms with van der Waals surface area (Å²) in [6, 6.07) is 5.67. The van der Waals surface area contributed by atoms with Crippen molar-refractivity contribution in [2.24, 2.45) is 5.92 Å². The molecule has 1 aliphatic rings. The van der Waals surface area contributed by atoms with E-state index >= 15 is 0 Å². The van der Waals surface area contributed by atoms with Gasteiger partial charge in [-0.1, -0.05) is 17.7 Å². The van der Waals surface area contributed by atoms with E-state index in [1.54, 1.807) is 4.90 Å². The number of benzene rings is 1. The third-order valence-corrected chi connectivity index (χ3v) is 4.11. The first-order valence-electron chi connectivity index (χ1n) is 7.26. The van der Waals surface area contributed by atoms with Crippen molar-refractivity contribution in [1.82, 2.24) is 4.90 Å². The summed E-state index contributed by atoms with van der Waals surface area (Å²) in [7, 11) is 0. The number of carbonyl (C=O) groups excluding carboxylic acids is 1. The van der Waals surface area contributed by atoms with Crippen LogP contribution in [0.25, 0.3) is 0 Å². The first-order valence-corrected chi connectivity index (χ1v) is 7.26. The normalized spacial score (nSPS) is 22.0. The van der Waals surface area contributed by atoms with Crippen molar-refractivity contribution in [3.8, 4) is 0 Å². The first kappa shape index (κ1) is 15.4. The molecule has 1 saturated heterocycles. The molecule has 1 aromatic carbocycles. The molecule has 2 amide bonds. The van der Waals surface area contributed by atoms with Gasteiger partial charge < -0.3 is 15.3 Å². The molecule has 2 rings (SSSR count). The van der Waals surface area contributed by atoms with Gasteiger partial charge in [-0.2, -0.15) is 0 Å². The summed E-state index contributed by atoms with van der Waals surface area (Å²) >= 11 is 0. The van der Waals surface area contributed by atoms with Gasteiger partial charge in [0.2, 0.25) is 0 Å². The van der Waals surface area contributed by atoms with Crippen LogP contribution in [-0.4, -0.2) is 34.6 Å². The Labute approximate surface area is 125 Å². The van der Waals surface area contributed by atoms with Gasteiger partial charge >= 0.3 is 12.0 Å². The van der Waals surface area contributed by atoms with Gasteiger partial charge in [0, 0.05) is 18.3 Å². The number of carboxylic acid groups (broad SMARTS) is 1. The van der Waals surface area contributed by atoms with E-state index in [1.165, 1.54) is 0 Å². The minimum atomic E-state index is -0.767. The number of anilines is 1. The number of nitrogens with zero attached hydrogens (tertiary/aromatic N) is 1. The fourth-order valence-corrected chi connectivity index (χ4v) is 2.84. The van der Waals surface area contributed by atoms with Crippen LogP contribution in [0.15, 0.2) is 18.2 Å². The van der Waals surface area contributed by atoms with Gasteiger partial charge in [0.15, 0.2) is 0 Å². The quantitative estimate of drug-likeness (QED) is 0.879. The fraction of sp³-hybridized carbons (Fsp3) is 0.500. The maximum atomic E-state index is 12.4. The number of hydrogen-bond donors (Lipinski definition) is 2. The Bertz CT molecular complexity index is 556. The monoisotopic (exact) mass is 290 g/mol. The number of hydrogen-bond acceptors (Lipinski definition) is 2. The molecule has 1 aliphatic heterocycles. The highest BCUT2D eigenvalue weighted by Gasteiger charge is 2.32. The molecule has 2 unspecified atom stereocenters. The smallest absolute Gasteiger partial charge is 0.322 e. The van der Waals surface area contributed by atoms with E-state index < -0.39 is 5.97 Å². The highest BCUT2D eigenvalue weighted by atomic mass is 16.4. The van der Waals surface area contributed by atoms with Crippen LogP contribution in [0.3, 0.4) is 0 Å². The van der Waals surface area contributed by atoms with Crippen LogP contribution < -0.4 is 5.32 Å². The molecule has 1 fully saturated rings. The van der Waals surface area contributed by atoms with Gasteiger partial charge in [0.25, 0.3) is 0 Å². The van der Waals surface area contributed by atoms with E-state index in [-0.39, 0.29) is 18.0 Å². The second kappa shape index (κ2) is 6.16. The number of carbonyl (C=O) groups is 2. The van der Waals surface area contributed by atoms with E-state index in [2.05, 4.69) is 5.32 Å². The van der Waals surface area contributed by atoms with Crippen LogP contribution in [0.1, 0.15) is 30.9 Å².